The second-order valence-corrected chi connectivity index (χ2v) is 6.42. The van der Waals surface area contributed by atoms with Gasteiger partial charge in [-0.15, -0.1) is 0 Å². The highest BCUT2D eigenvalue weighted by Gasteiger charge is 2.29. The second kappa shape index (κ2) is 6.34. The van der Waals surface area contributed by atoms with Crippen LogP contribution in [0.15, 0.2) is 18.2 Å². The molecule has 116 valence electrons. The first-order valence-electron chi connectivity index (χ1n) is 8.00. The number of likely N-dealkylation sites (tertiary alicyclic amines) is 1. The van der Waals surface area contributed by atoms with Crippen LogP contribution in [0, 0.1) is 5.92 Å². The fourth-order valence-corrected chi connectivity index (χ4v) is 3.81. The molecular formula is C17H27N3O. The van der Waals surface area contributed by atoms with Gasteiger partial charge in [0.1, 0.15) is 0 Å². The zero-order chi connectivity index (χ0) is 14.8. The zero-order valence-electron chi connectivity index (χ0n) is 13.2. The van der Waals surface area contributed by atoms with Crippen molar-refractivity contribution in [2.24, 2.45) is 11.7 Å². The van der Waals surface area contributed by atoms with E-state index >= 15 is 0 Å². The highest BCUT2D eigenvalue weighted by Crippen LogP contribution is 2.32. The molecule has 0 aliphatic carbocycles. The molecular weight excluding hydrogens is 262 g/mol. The number of hydrogen-bond donors (Lipinski definition) is 1. The van der Waals surface area contributed by atoms with Crippen LogP contribution >= 0.6 is 0 Å². The number of hydrogen-bond acceptors (Lipinski definition) is 4. The number of ether oxygens (including phenoxy) is 1. The topological polar surface area (TPSA) is 41.7 Å². The van der Waals surface area contributed by atoms with Crippen LogP contribution in [0.2, 0.25) is 0 Å². The van der Waals surface area contributed by atoms with Crippen molar-refractivity contribution in [1.82, 2.24) is 4.90 Å². The monoisotopic (exact) mass is 289 g/mol. The Morgan fingerprint density at radius 2 is 2.24 bits per heavy atom. The van der Waals surface area contributed by atoms with Gasteiger partial charge < -0.3 is 15.4 Å². The molecule has 4 nitrogen and oxygen atoms in total. The Kier molecular flexibility index (Phi) is 4.48. The Labute approximate surface area is 127 Å². The van der Waals surface area contributed by atoms with E-state index in [1.54, 1.807) is 7.11 Å². The highest BCUT2D eigenvalue weighted by molar-refractivity contribution is 5.58. The van der Waals surface area contributed by atoms with Gasteiger partial charge in [0.05, 0.1) is 6.61 Å². The van der Waals surface area contributed by atoms with E-state index in [1.165, 1.54) is 23.2 Å². The van der Waals surface area contributed by atoms with Gasteiger partial charge in [-0.3, -0.25) is 4.90 Å². The smallest absolute Gasteiger partial charge is 0.0503 e. The van der Waals surface area contributed by atoms with E-state index in [0.717, 1.165) is 32.7 Å². The standard InChI is InChI=1S/C17H27N3O/c1-19-7-6-15-9-14(3-4-16(15)19)17(10-18)20-8-5-13(11-20)12-21-2/h3-4,9,13,17H,5-8,10-12,18H2,1-2H3. The predicted molar refractivity (Wildman–Crippen MR) is 86.8 cm³/mol. The summed E-state index contributed by atoms with van der Waals surface area (Å²) >= 11 is 0. The van der Waals surface area contributed by atoms with Gasteiger partial charge in [-0.25, -0.2) is 0 Å². The Morgan fingerprint density at radius 1 is 1.38 bits per heavy atom. The summed E-state index contributed by atoms with van der Waals surface area (Å²) in [5, 5.41) is 0. The summed E-state index contributed by atoms with van der Waals surface area (Å²) < 4.78 is 5.30. The van der Waals surface area contributed by atoms with Gasteiger partial charge in [0, 0.05) is 45.5 Å². The molecule has 1 fully saturated rings. The van der Waals surface area contributed by atoms with E-state index in [0.29, 0.717) is 18.5 Å². The molecule has 2 unspecified atom stereocenters. The molecule has 2 heterocycles. The van der Waals surface area contributed by atoms with Crippen LogP contribution in [-0.4, -0.2) is 51.8 Å². The SMILES string of the molecule is COCC1CCN(C(CN)c2ccc3c(c2)CCN3C)C1. The van der Waals surface area contributed by atoms with E-state index in [9.17, 15) is 0 Å². The van der Waals surface area contributed by atoms with Gasteiger partial charge in [-0.2, -0.15) is 0 Å². The Morgan fingerprint density at radius 3 is 3.00 bits per heavy atom. The summed E-state index contributed by atoms with van der Waals surface area (Å²) in [7, 11) is 3.96. The number of likely N-dealkylation sites (N-methyl/N-ethyl adjacent to an activating group) is 1. The van der Waals surface area contributed by atoms with Crippen molar-refractivity contribution in [1.29, 1.82) is 0 Å². The van der Waals surface area contributed by atoms with Gasteiger partial charge in [0.2, 0.25) is 0 Å². The van der Waals surface area contributed by atoms with Crippen LogP contribution in [-0.2, 0) is 11.2 Å². The minimum absolute atomic E-state index is 0.350. The Bertz CT molecular complexity index is 491. The zero-order valence-corrected chi connectivity index (χ0v) is 13.2. The summed E-state index contributed by atoms with van der Waals surface area (Å²) in [6.45, 7) is 4.92. The molecule has 4 heteroatoms. The third kappa shape index (κ3) is 2.93. The largest absolute Gasteiger partial charge is 0.384 e. The minimum atomic E-state index is 0.350. The van der Waals surface area contributed by atoms with Crippen molar-refractivity contribution in [2.75, 3.05) is 51.8 Å². The quantitative estimate of drug-likeness (QED) is 0.895. The van der Waals surface area contributed by atoms with Gasteiger partial charge in [0.25, 0.3) is 0 Å². The average Bonchev–Trinajstić information content (AvgIpc) is 3.08. The molecule has 1 aromatic carbocycles. The van der Waals surface area contributed by atoms with Gasteiger partial charge in [-0.1, -0.05) is 12.1 Å². The van der Waals surface area contributed by atoms with Crippen LogP contribution in [0.4, 0.5) is 5.69 Å². The van der Waals surface area contributed by atoms with Crippen molar-refractivity contribution in [3.05, 3.63) is 29.3 Å². The number of methoxy groups -OCH3 is 1. The molecule has 0 saturated carbocycles. The molecule has 1 saturated heterocycles. The first-order chi connectivity index (χ1) is 10.2. The molecule has 0 bridgehead atoms. The van der Waals surface area contributed by atoms with E-state index in [4.69, 9.17) is 10.5 Å². The molecule has 3 rings (SSSR count). The highest BCUT2D eigenvalue weighted by atomic mass is 16.5. The maximum absolute atomic E-state index is 6.09. The van der Waals surface area contributed by atoms with Gasteiger partial charge in [-0.05, 0) is 42.5 Å². The summed E-state index contributed by atoms with van der Waals surface area (Å²) in [6, 6.07) is 7.26. The number of fused-ring (bicyclic) bond motifs is 1. The molecule has 0 amide bonds. The Hall–Kier alpha value is -1.10. The van der Waals surface area contributed by atoms with Crippen LogP contribution < -0.4 is 10.6 Å². The van der Waals surface area contributed by atoms with E-state index < -0.39 is 0 Å². The van der Waals surface area contributed by atoms with Crippen molar-refractivity contribution in [2.45, 2.75) is 18.9 Å². The molecule has 21 heavy (non-hydrogen) atoms. The van der Waals surface area contributed by atoms with Crippen LogP contribution in [0.25, 0.3) is 0 Å². The lowest BCUT2D eigenvalue weighted by Crippen LogP contribution is -2.32. The minimum Gasteiger partial charge on any atom is -0.384 e. The normalized spacial score (nSPS) is 23.6. The molecule has 2 N–H and O–H groups in total. The van der Waals surface area contributed by atoms with Crippen molar-refractivity contribution in [3.63, 3.8) is 0 Å². The summed E-state index contributed by atoms with van der Waals surface area (Å²) in [6.07, 6.45) is 2.38. The van der Waals surface area contributed by atoms with Crippen LogP contribution in [0.3, 0.4) is 0 Å². The number of benzene rings is 1. The molecule has 2 aliphatic heterocycles. The molecule has 0 aromatic heterocycles. The fraction of sp³-hybridized carbons (Fsp3) is 0.647. The number of nitrogens with two attached hydrogens (primary N) is 1. The van der Waals surface area contributed by atoms with Crippen LogP contribution in [0.1, 0.15) is 23.6 Å². The third-order valence-electron chi connectivity index (χ3n) is 5.00. The van der Waals surface area contributed by atoms with Crippen LogP contribution in [0.5, 0.6) is 0 Å². The summed E-state index contributed by atoms with van der Waals surface area (Å²) in [5.74, 6) is 0.657. The van der Waals surface area contributed by atoms with E-state index in [-0.39, 0.29) is 0 Å². The lowest BCUT2D eigenvalue weighted by molar-refractivity contribution is 0.147. The fourth-order valence-electron chi connectivity index (χ4n) is 3.81. The maximum atomic E-state index is 6.09. The Balaban J connectivity index is 1.75. The lowest BCUT2D eigenvalue weighted by atomic mass is 10.0. The number of rotatable bonds is 5. The van der Waals surface area contributed by atoms with Gasteiger partial charge in [0.15, 0.2) is 0 Å². The van der Waals surface area contributed by atoms with Gasteiger partial charge >= 0.3 is 0 Å². The molecule has 2 atom stereocenters. The molecule has 2 aliphatic rings. The lowest BCUT2D eigenvalue weighted by Gasteiger charge is -2.27. The third-order valence-corrected chi connectivity index (χ3v) is 5.00. The summed E-state index contributed by atoms with van der Waals surface area (Å²) in [4.78, 5) is 4.87. The van der Waals surface area contributed by atoms with E-state index in [1.807, 2.05) is 0 Å². The second-order valence-electron chi connectivity index (χ2n) is 6.42. The maximum Gasteiger partial charge on any atom is 0.0503 e. The van der Waals surface area contributed by atoms with Crippen molar-refractivity contribution in [3.8, 4) is 0 Å². The average molecular weight is 289 g/mol. The first-order valence-corrected chi connectivity index (χ1v) is 8.00. The number of anilines is 1. The van der Waals surface area contributed by atoms with Crippen molar-refractivity contribution < 1.29 is 4.74 Å². The van der Waals surface area contributed by atoms with E-state index in [2.05, 4.69) is 35.0 Å². The predicted octanol–water partition coefficient (Wildman–Crippen LogP) is 1.65. The van der Waals surface area contributed by atoms with Crippen molar-refractivity contribution >= 4 is 5.69 Å². The first kappa shape index (κ1) is 14.8. The molecule has 0 radical (unpaired) electrons. The number of nitrogens with zero attached hydrogens (tertiary/aromatic N) is 2. The summed E-state index contributed by atoms with van der Waals surface area (Å²) in [5.41, 5.74) is 10.3. The molecule has 0 spiro atoms. The molecule has 1 aromatic rings.